The van der Waals surface area contributed by atoms with Crippen molar-refractivity contribution in [3.05, 3.63) is 70.2 Å². The average Bonchev–Trinajstić information content (AvgIpc) is 2.95. The highest BCUT2D eigenvalue weighted by Gasteiger charge is 2.52. The molecule has 2 aromatic carbocycles. The predicted octanol–water partition coefficient (Wildman–Crippen LogP) is 3.35. The third-order valence-electron chi connectivity index (χ3n) is 5.57. The summed E-state index contributed by atoms with van der Waals surface area (Å²) >= 11 is 5.76. The Labute approximate surface area is 176 Å². The van der Waals surface area contributed by atoms with Crippen LogP contribution in [0.2, 0.25) is 5.02 Å². The van der Waals surface area contributed by atoms with E-state index >= 15 is 0 Å². The topological polar surface area (TPSA) is 69.7 Å². The molecule has 0 atom stereocenters. The molecule has 2 aromatic rings. The van der Waals surface area contributed by atoms with E-state index in [0.717, 1.165) is 11.0 Å². The highest BCUT2D eigenvalue weighted by Crippen LogP contribution is 2.31. The van der Waals surface area contributed by atoms with Crippen molar-refractivity contribution in [3.63, 3.8) is 0 Å². The molecular formula is C21H18ClF2N3O3. The van der Waals surface area contributed by atoms with Gasteiger partial charge < -0.3 is 10.2 Å². The zero-order chi connectivity index (χ0) is 21.5. The molecule has 4 amide bonds. The second-order valence-corrected chi connectivity index (χ2v) is 7.86. The number of carbonyl (C=O) groups is 3. The molecule has 30 heavy (non-hydrogen) atoms. The van der Waals surface area contributed by atoms with Gasteiger partial charge in [0, 0.05) is 18.7 Å². The van der Waals surface area contributed by atoms with Crippen molar-refractivity contribution in [1.82, 2.24) is 15.1 Å². The van der Waals surface area contributed by atoms with Crippen molar-refractivity contribution < 1.29 is 23.2 Å². The molecule has 0 aliphatic carbocycles. The largest absolute Gasteiger partial charge is 0.338 e. The quantitative estimate of drug-likeness (QED) is 0.755. The van der Waals surface area contributed by atoms with E-state index in [-0.39, 0.29) is 54.9 Å². The monoisotopic (exact) mass is 433 g/mol. The Morgan fingerprint density at radius 1 is 1.07 bits per heavy atom. The van der Waals surface area contributed by atoms with E-state index in [1.807, 2.05) is 0 Å². The van der Waals surface area contributed by atoms with Crippen molar-refractivity contribution >= 4 is 29.4 Å². The highest BCUT2D eigenvalue weighted by atomic mass is 35.5. The van der Waals surface area contributed by atoms with E-state index in [2.05, 4.69) is 5.32 Å². The molecule has 6 nitrogen and oxygen atoms in total. The number of halogens is 3. The molecule has 2 saturated heterocycles. The lowest BCUT2D eigenvalue weighted by atomic mass is 9.87. The lowest BCUT2D eigenvalue weighted by molar-refractivity contribution is -0.133. The fourth-order valence-electron chi connectivity index (χ4n) is 3.83. The van der Waals surface area contributed by atoms with Gasteiger partial charge in [0.25, 0.3) is 11.8 Å². The summed E-state index contributed by atoms with van der Waals surface area (Å²) in [4.78, 5) is 40.8. The van der Waals surface area contributed by atoms with Gasteiger partial charge in [0.1, 0.15) is 17.2 Å². The number of urea groups is 1. The van der Waals surface area contributed by atoms with Crippen LogP contribution in [0.4, 0.5) is 13.6 Å². The van der Waals surface area contributed by atoms with Crippen molar-refractivity contribution in [1.29, 1.82) is 0 Å². The van der Waals surface area contributed by atoms with Gasteiger partial charge in [-0.1, -0.05) is 23.7 Å². The molecule has 0 unspecified atom stereocenters. The van der Waals surface area contributed by atoms with Gasteiger partial charge in [0.2, 0.25) is 0 Å². The Hall–Kier alpha value is -3.00. The molecule has 0 aromatic heterocycles. The molecule has 2 fully saturated rings. The number of benzene rings is 2. The van der Waals surface area contributed by atoms with Crippen molar-refractivity contribution in [3.8, 4) is 0 Å². The number of imide groups is 1. The zero-order valence-corrected chi connectivity index (χ0v) is 16.6. The first-order chi connectivity index (χ1) is 14.3. The fraction of sp³-hybridized carbons (Fsp3) is 0.286. The minimum atomic E-state index is -1.06. The third-order valence-corrected chi connectivity index (χ3v) is 5.86. The summed E-state index contributed by atoms with van der Waals surface area (Å²) < 4.78 is 26.4. The maximum Gasteiger partial charge on any atom is 0.325 e. The number of amides is 4. The first kappa shape index (κ1) is 20.3. The van der Waals surface area contributed by atoms with Gasteiger partial charge in [-0.15, -0.1) is 0 Å². The van der Waals surface area contributed by atoms with Crippen LogP contribution in [0, 0.1) is 11.6 Å². The maximum atomic E-state index is 13.3. The number of nitrogens with zero attached hydrogens (tertiary/aromatic N) is 2. The maximum absolute atomic E-state index is 13.3. The standard InChI is InChI=1S/C21H18ClF2N3O3/c22-16-11-14(3-6-17(16)24)18(28)26-9-7-21(8-10-26)19(29)27(20(30)25-21)12-13-1-4-15(23)5-2-13/h1-6,11H,7-10,12H2,(H,25,30). The number of piperidine rings is 1. The van der Waals surface area contributed by atoms with Crippen LogP contribution in [0.3, 0.4) is 0 Å². The molecule has 2 aliphatic rings. The second kappa shape index (κ2) is 7.68. The Morgan fingerprint density at radius 3 is 2.37 bits per heavy atom. The molecule has 156 valence electrons. The Morgan fingerprint density at radius 2 is 1.73 bits per heavy atom. The van der Waals surface area contributed by atoms with Crippen LogP contribution in [-0.2, 0) is 11.3 Å². The summed E-state index contributed by atoms with van der Waals surface area (Å²) in [6.07, 6.45) is 0.524. The number of hydrogen-bond donors (Lipinski definition) is 1. The van der Waals surface area contributed by atoms with Crippen LogP contribution in [0.25, 0.3) is 0 Å². The number of hydrogen-bond acceptors (Lipinski definition) is 3. The lowest BCUT2D eigenvalue weighted by Gasteiger charge is -2.37. The minimum Gasteiger partial charge on any atom is -0.338 e. The van der Waals surface area contributed by atoms with Crippen LogP contribution in [0.5, 0.6) is 0 Å². The van der Waals surface area contributed by atoms with Gasteiger partial charge in [-0.05, 0) is 48.7 Å². The summed E-state index contributed by atoms with van der Waals surface area (Å²) in [7, 11) is 0. The van der Waals surface area contributed by atoms with Gasteiger partial charge in [0.05, 0.1) is 11.6 Å². The van der Waals surface area contributed by atoms with E-state index in [1.54, 1.807) is 4.90 Å². The summed E-state index contributed by atoms with van der Waals surface area (Å²) in [6, 6.07) is 8.86. The van der Waals surface area contributed by atoms with E-state index in [1.165, 1.54) is 36.4 Å². The van der Waals surface area contributed by atoms with Gasteiger partial charge >= 0.3 is 6.03 Å². The van der Waals surface area contributed by atoms with Crippen molar-refractivity contribution in [2.45, 2.75) is 24.9 Å². The van der Waals surface area contributed by atoms with E-state index in [9.17, 15) is 23.2 Å². The molecule has 0 radical (unpaired) electrons. The molecule has 1 spiro atoms. The number of carbonyl (C=O) groups excluding carboxylic acids is 3. The van der Waals surface area contributed by atoms with Gasteiger partial charge in [-0.3, -0.25) is 14.5 Å². The number of nitrogens with one attached hydrogen (secondary N) is 1. The van der Waals surface area contributed by atoms with Crippen molar-refractivity contribution in [2.24, 2.45) is 0 Å². The molecule has 2 aliphatic heterocycles. The van der Waals surface area contributed by atoms with Crippen LogP contribution < -0.4 is 5.32 Å². The molecule has 0 bridgehead atoms. The fourth-order valence-corrected chi connectivity index (χ4v) is 4.01. The van der Waals surface area contributed by atoms with Crippen LogP contribution in [0.15, 0.2) is 42.5 Å². The van der Waals surface area contributed by atoms with E-state index in [4.69, 9.17) is 11.6 Å². The van der Waals surface area contributed by atoms with Gasteiger partial charge in [-0.25, -0.2) is 13.6 Å². The molecule has 4 rings (SSSR count). The molecule has 2 heterocycles. The Kier molecular flexibility index (Phi) is 5.19. The first-order valence-corrected chi connectivity index (χ1v) is 9.80. The second-order valence-electron chi connectivity index (χ2n) is 7.45. The van der Waals surface area contributed by atoms with E-state index < -0.39 is 23.2 Å². The number of likely N-dealkylation sites (tertiary alicyclic amines) is 1. The minimum absolute atomic E-state index is 0.0451. The van der Waals surface area contributed by atoms with Gasteiger partial charge in [0.15, 0.2) is 0 Å². The normalized spacial score (nSPS) is 18.1. The molecule has 0 saturated carbocycles. The van der Waals surface area contributed by atoms with Crippen LogP contribution >= 0.6 is 11.6 Å². The predicted molar refractivity (Wildman–Crippen MR) is 105 cm³/mol. The zero-order valence-electron chi connectivity index (χ0n) is 15.8. The smallest absolute Gasteiger partial charge is 0.325 e. The third kappa shape index (κ3) is 3.63. The number of rotatable bonds is 3. The lowest BCUT2D eigenvalue weighted by Crippen LogP contribution is -2.55. The summed E-state index contributed by atoms with van der Waals surface area (Å²) in [6.45, 7) is 0.553. The van der Waals surface area contributed by atoms with E-state index in [0.29, 0.717) is 5.56 Å². The highest BCUT2D eigenvalue weighted by molar-refractivity contribution is 6.31. The molecule has 1 N–H and O–H groups in total. The van der Waals surface area contributed by atoms with Crippen LogP contribution in [-0.4, -0.2) is 46.3 Å². The summed E-state index contributed by atoms with van der Waals surface area (Å²) in [5.41, 5.74) is -0.163. The summed E-state index contributed by atoms with van der Waals surface area (Å²) in [5.74, 6) is -1.67. The molecule has 9 heteroatoms. The first-order valence-electron chi connectivity index (χ1n) is 9.42. The van der Waals surface area contributed by atoms with Gasteiger partial charge in [-0.2, -0.15) is 0 Å². The molecular weight excluding hydrogens is 416 g/mol. The Bertz CT molecular complexity index is 1020. The SMILES string of the molecule is O=C(c1ccc(F)c(Cl)c1)N1CCC2(CC1)NC(=O)N(Cc1ccc(F)cc1)C2=O. The summed E-state index contributed by atoms with van der Waals surface area (Å²) in [5, 5.41) is 2.64. The van der Waals surface area contributed by atoms with Crippen molar-refractivity contribution in [2.75, 3.05) is 13.1 Å². The average molecular weight is 434 g/mol. The Balaban J connectivity index is 1.43. The van der Waals surface area contributed by atoms with Crippen LogP contribution in [0.1, 0.15) is 28.8 Å².